The Morgan fingerprint density at radius 3 is 1.33 bits per heavy atom. The van der Waals surface area contributed by atoms with Gasteiger partial charge in [-0.15, -0.1) is 0 Å². The number of anilines is 2. The Balaban J connectivity index is 1.96. The van der Waals surface area contributed by atoms with Gasteiger partial charge in [-0.05, 0) is 12.1 Å². The summed E-state index contributed by atoms with van der Waals surface area (Å²) < 4.78 is 0. The lowest BCUT2D eigenvalue weighted by atomic mass is 10.1. The van der Waals surface area contributed by atoms with Crippen LogP contribution in [0.3, 0.4) is 0 Å². The van der Waals surface area contributed by atoms with Crippen LogP contribution in [0.2, 0.25) is 0 Å². The van der Waals surface area contributed by atoms with E-state index in [9.17, 15) is 40.0 Å². The Labute approximate surface area is 168 Å². The van der Waals surface area contributed by atoms with Crippen molar-refractivity contribution in [2.24, 2.45) is 0 Å². The predicted octanol–water partition coefficient (Wildman–Crippen LogP) is 2.23. The highest BCUT2D eigenvalue weighted by Gasteiger charge is 2.32. The Kier molecular flexibility index (Phi) is 5.49. The second-order valence-corrected chi connectivity index (χ2v) is 6.45. The van der Waals surface area contributed by atoms with E-state index in [0.29, 0.717) is 0 Å². The van der Waals surface area contributed by atoms with Gasteiger partial charge >= 0.3 is 11.9 Å². The van der Waals surface area contributed by atoms with Crippen LogP contribution in [0.5, 0.6) is 0 Å². The van der Waals surface area contributed by atoms with Crippen LogP contribution in [0, 0.1) is 20.2 Å². The summed E-state index contributed by atoms with van der Waals surface area (Å²) in [7, 11) is 0. The molecule has 30 heavy (non-hydrogen) atoms. The van der Waals surface area contributed by atoms with Crippen molar-refractivity contribution in [3.8, 4) is 0 Å². The zero-order chi connectivity index (χ0) is 22.0. The van der Waals surface area contributed by atoms with E-state index in [0.717, 1.165) is 0 Å². The van der Waals surface area contributed by atoms with E-state index in [4.69, 9.17) is 0 Å². The highest BCUT2D eigenvalue weighted by atomic mass is 16.6. The summed E-state index contributed by atoms with van der Waals surface area (Å²) in [5, 5.41) is 41.7. The highest BCUT2D eigenvalue weighted by molar-refractivity contribution is 5.98. The molecule has 0 atom stereocenters. The number of carboxylic acids is 2. The van der Waals surface area contributed by atoms with Gasteiger partial charge in [0.2, 0.25) is 0 Å². The maximum absolute atomic E-state index is 11.6. The number of piperazine rings is 1. The number of aromatic carboxylic acids is 2. The van der Waals surface area contributed by atoms with Gasteiger partial charge in [0, 0.05) is 38.3 Å². The summed E-state index contributed by atoms with van der Waals surface area (Å²) in [6.07, 6.45) is 0. The minimum Gasteiger partial charge on any atom is -0.478 e. The fourth-order valence-corrected chi connectivity index (χ4v) is 3.52. The van der Waals surface area contributed by atoms with Crippen molar-refractivity contribution in [1.29, 1.82) is 0 Å². The third kappa shape index (κ3) is 3.70. The number of nitrogens with zero attached hydrogens (tertiary/aromatic N) is 4. The molecule has 0 aromatic heterocycles. The Morgan fingerprint density at radius 2 is 1.07 bits per heavy atom. The van der Waals surface area contributed by atoms with Crippen molar-refractivity contribution < 1.29 is 29.6 Å². The second kappa shape index (κ2) is 8.03. The summed E-state index contributed by atoms with van der Waals surface area (Å²) in [6, 6.07) is 7.52. The minimum atomic E-state index is -1.32. The van der Waals surface area contributed by atoms with Crippen molar-refractivity contribution in [3.63, 3.8) is 0 Å². The van der Waals surface area contributed by atoms with Crippen LogP contribution in [-0.4, -0.2) is 58.2 Å². The molecule has 2 N–H and O–H groups in total. The quantitative estimate of drug-likeness (QED) is 0.526. The second-order valence-electron chi connectivity index (χ2n) is 6.45. The summed E-state index contributed by atoms with van der Waals surface area (Å²) in [6.45, 7) is 0.430. The van der Waals surface area contributed by atoms with Crippen molar-refractivity contribution in [1.82, 2.24) is 0 Å². The molecule has 3 rings (SSSR count). The van der Waals surface area contributed by atoms with Crippen molar-refractivity contribution in [2.75, 3.05) is 36.0 Å². The molecular weight excluding hydrogens is 400 g/mol. The maximum Gasteiger partial charge on any atom is 0.338 e. The first-order valence-corrected chi connectivity index (χ1v) is 8.73. The fourth-order valence-electron chi connectivity index (χ4n) is 3.52. The smallest absolute Gasteiger partial charge is 0.338 e. The molecule has 0 spiro atoms. The van der Waals surface area contributed by atoms with Gasteiger partial charge in [-0.25, -0.2) is 9.59 Å². The number of benzene rings is 2. The molecule has 1 fully saturated rings. The standard InChI is InChI=1S/C18H16N4O8/c23-17(24)11-3-1-5-13(21(27)28)15(11)19-7-9-20(10-8-19)16-12(18(25)26)4-2-6-14(16)22(29)30/h1-6H,7-10H2,(H,23,24)(H,25,26). The number of carbonyl (C=O) groups is 2. The lowest BCUT2D eigenvalue weighted by Crippen LogP contribution is -2.47. The number of rotatable bonds is 6. The number of hydrogen-bond donors (Lipinski definition) is 2. The Hall–Kier alpha value is -4.22. The van der Waals surface area contributed by atoms with Crippen LogP contribution >= 0.6 is 0 Å². The molecule has 0 unspecified atom stereocenters. The van der Waals surface area contributed by atoms with E-state index >= 15 is 0 Å². The largest absolute Gasteiger partial charge is 0.478 e. The summed E-state index contributed by atoms with van der Waals surface area (Å²) in [5.41, 5.74) is -1.27. The zero-order valence-corrected chi connectivity index (χ0v) is 15.4. The summed E-state index contributed by atoms with van der Waals surface area (Å²) >= 11 is 0. The molecule has 12 heteroatoms. The molecule has 1 saturated heterocycles. The van der Waals surface area contributed by atoms with Crippen molar-refractivity contribution in [3.05, 3.63) is 67.8 Å². The maximum atomic E-state index is 11.6. The fraction of sp³-hybridized carbons (Fsp3) is 0.222. The molecule has 0 bridgehead atoms. The van der Waals surface area contributed by atoms with Crippen LogP contribution in [0.15, 0.2) is 36.4 Å². The molecule has 0 saturated carbocycles. The average Bonchev–Trinajstić information content (AvgIpc) is 2.72. The van der Waals surface area contributed by atoms with Crippen LogP contribution in [-0.2, 0) is 0 Å². The number of nitro benzene ring substituents is 2. The van der Waals surface area contributed by atoms with Crippen LogP contribution < -0.4 is 9.80 Å². The number of carboxylic acid groups (broad SMARTS) is 2. The van der Waals surface area contributed by atoms with E-state index in [2.05, 4.69) is 0 Å². The number of para-hydroxylation sites is 2. The molecular formula is C18H16N4O8. The van der Waals surface area contributed by atoms with Gasteiger partial charge in [-0.2, -0.15) is 0 Å². The van der Waals surface area contributed by atoms with Gasteiger partial charge in [0.15, 0.2) is 0 Å². The highest BCUT2D eigenvalue weighted by Crippen LogP contribution is 2.36. The molecule has 0 radical (unpaired) electrons. The van der Waals surface area contributed by atoms with Gasteiger partial charge in [-0.1, -0.05) is 12.1 Å². The summed E-state index contributed by atoms with van der Waals surface area (Å²) in [5.74, 6) is -2.63. The van der Waals surface area contributed by atoms with Gasteiger partial charge in [0.25, 0.3) is 11.4 Å². The van der Waals surface area contributed by atoms with Gasteiger partial charge in [-0.3, -0.25) is 20.2 Å². The lowest BCUT2D eigenvalue weighted by Gasteiger charge is -2.37. The van der Waals surface area contributed by atoms with E-state index in [1.54, 1.807) is 0 Å². The molecule has 1 aliphatic heterocycles. The normalized spacial score (nSPS) is 13.7. The molecule has 0 amide bonds. The topological polar surface area (TPSA) is 167 Å². The molecule has 1 heterocycles. The van der Waals surface area contributed by atoms with E-state index < -0.39 is 21.8 Å². The third-order valence-corrected chi connectivity index (χ3v) is 4.80. The van der Waals surface area contributed by atoms with Gasteiger partial charge in [0.1, 0.15) is 11.4 Å². The van der Waals surface area contributed by atoms with Crippen LogP contribution in [0.1, 0.15) is 20.7 Å². The van der Waals surface area contributed by atoms with Gasteiger partial charge < -0.3 is 20.0 Å². The number of hydrogen-bond acceptors (Lipinski definition) is 8. The Morgan fingerprint density at radius 1 is 0.733 bits per heavy atom. The lowest BCUT2D eigenvalue weighted by molar-refractivity contribution is -0.384. The first kappa shape index (κ1) is 20.5. The number of nitro groups is 2. The van der Waals surface area contributed by atoms with E-state index in [1.807, 2.05) is 0 Å². The van der Waals surface area contributed by atoms with Crippen molar-refractivity contribution >= 4 is 34.7 Å². The molecule has 156 valence electrons. The predicted molar refractivity (Wildman–Crippen MR) is 105 cm³/mol. The molecule has 1 aliphatic rings. The zero-order valence-electron chi connectivity index (χ0n) is 15.4. The van der Waals surface area contributed by atoms with Gasteiger partial charge in [0.05, 0.1) is 21.0 Å². The first-order valence-electron chi connectivity index (χ1n) is 8.73. The Bertz CT molecular complexity index is 898. The van der Waals surface area contributed by atoms with Crippen molar-refractivity contribution in [2.45, 2.75) is 0 Å². The molecule has 2 aromatic carbocycles. The molecule has 2 aromatic rings. The minimum absolute atomic E-state index is 0.0457. The molecule has 12 nitrogen and oxygen atoms in total. The molecule has 0 aliphatic carbocycles. The first-order chi connectivity index (χ1) is 14.2. The SMILES string of the molecule is O=C(O)c1cccc([N+](=O)[O-])c1N1CCN(c2c(C(=O)O)cccc2[N+](=O)[O-])CC1. The van der Waals surface area contributed by atoms with E-state index in [-0.39, 0.29) is 60.1 Å². The van der Waals surface area contributed by atoms with E-state index in [1.165, 1.54) is 46.2 Å². The monoisotopic (exact) mass is 416 g/mol. The average molecular weight is 416 g/mol. The third-order valence-electron chi connectivity index (χ3n) is 4.80. The van der Waals surface area contributed by atoms with Crippen LogP contribution in [0.4, 0.5) is 22.7 Å². The summed E-state index contributed by atoms with van der Waals surface area (Å²) in [4.78, 5) is 47.6. The van der Waals surface area contributed by atoms with Crippen LogP contribution in [0.25, 0.3) is 0 Å².